The molecule has 35 heavy (non-hydrogen) atoms. The van der Waals surface area contributed by atoms with E-state index in [0.29, 0.717) is 12.3 Å². The van der Waals surface area contributed by atoms with E-state index in [4.69, 9.17) is 4.74 Å². The maximum Gasteiger partial charge on any atom is 0.326 e. The summed E-state index contributed by atoms with van der Waals surface area (Å²) in [5.74, 6) is 0.180. The molecule has 0 heterocycles. The molecular weight excluding hydrogens is 456 g/mol. The van der Waals surface area contributed by atoms with Crippen LogP contribution < -0.4 is 15.0 Å². The van der Waals surface area contributed by atoms with Crippen molar-refractivity contribution < 1.29 is 14.3 Å². The van der Waals surface area contributed by atoms with E-state index >= 15 is 0 Å². The lowest BCUT2D eigenvalue weighted by atomic mass is 10.1. The molecule has 0 aliphatic rings. The molecule has 1 N–H and O–H groups in total. The highest BCUT2D eigenvalue weighted by atomic mass is 32.2. The second-order valence-electron chi connectivity index (χ2n) is 8.16. The molecule has 0 aliphatic carbocycles. The zero-order chi connectivity index (χ0) is 24.6. The van der Waals surface area contributed by atoms with Crippen molar-refractivity contribution in [2.24, 2.45) is 0 Å². The lowest BCUT2D eigenvalue weighted by Crippen LogP contribution is -2.35. The predicted molar refractivity (Wildman–Crippen MR) is 144 cm³/mol. The number of urea groups is 1. The minimum atomic E-state index is -0.341. The van der Waals surface area contributed by atoms with Crippen LogP contribution in [0.15, 0.2) is 101 Å². The molecule has 0 aliphatic heterocycles. The first-order valence-electron chi connectivity index (χ1n) is 11.7. The first kappa shape index (κ1) is 24.4. The largest absolute Gasteiger partial charge is 0.427 e. The fourth-order valence-electron chi connectivity index (χ4n) is 3.71. The van der Waals surface area contributed by atoms with E-state index < -0.39 is 0 Å². The third-order valence-corrected chi connectivity index (χ3v) is 6.43. The highest BCUT2D eigenvalue weighted by Gasteiger charge is 2.16. The van der Waals surface area contributed by atoms with Crippen molar-refractivity contribution in [1.29, 1.82) is 0 Å². The molecule has 0 saturated carbocycles. The summed E-state index contributed by atoms with van der Waals surface area (Å²) in [6.45, 7) is 4.13. The second kappa shape index (κ2) is 11.6. The summed E-state index contributed by atoms with van der Waals surface area (Å²) in [5.41, 5.74) is 1.62. The number of carbonyl (C=O) groups is 2. The average Bonchev–Trinajstić information content (AvgIpc) is 2.85. The molecule has 4 rings (SSSR count). The molecule has 0 aromatic heterocycles. The number of unbranched alkanes of at least 4 members (excludes halogenated alkanes) is 1. The van der Waals surface area contributed by atoms with Gasteiger partial charge in [-0.05, 0) is 71.8 Å². The van der Waals surface area contributed by atoms with E-state index in [9.17, 15) is 9.59 Å². The number of carbonyl (C=O) groups excluding carboxylic acids is 2. The number of nitrogens with zero attached hydrogens (tertiary/aromatic N) is 1. The molecule has 178 valence electrons. The van der Waals surface area contributed by atoms with Gasteiger partial charge < -0.3 is 10.1 Å². The Morgan fingerprint density at radius 3 is 2.37 bits per heavy atom. The molecule has 0 atom stereocenters. The minimum Gasteiger partial charge on any atom is -0.427 e. The highest BCUT2D eigenvalue weighted by molar-refractivity contribution is 7.99. The fourth-order valence-corrected chi connectivity index (χ4v) is 4.59. The zero-order valence-electron chi connectivity index (χ0n) is 19.9. The van der Waals surface area contributed by atoms with Crippen molar-refractivity contribution >= 4 is 45.9 Å². The standard InChI is InChI=1S/C29H28N2O3S/c1-3-4-18-31(29(33)30-24-13-12-22-8-5-6-9-23(22)19-24)25-10-7-11-28(20-25)35-27-16-14-26(15-17-27)34-21(2)32/h5-17,19-20H,3-4,18H2,1-2H3,(H,30,33). The lowest BCUT2D eigenvalue weighted by Gasteiger charge is -2.24. The van der Waals surface area contributed by atoms with Gasteiger partial charge in [0.25, 0.3) is 0 Å². The van der Waals surface area contributed by atoms with Crippen molar-refractivity contribution in [3.05, 3.63) is 91.0 Å². The van der Waals surface area contributed by atoms with E-state index in [1.807, 2.05) is 72.8 Å². The number of esters is 1. The summed E-state index contributed by atoms with van der Waals surface area (Å²) in [7, 11) is 0. The maximum absolute atomic E-state index is 13.3. The van der Waals surface area contributed by atoms with Crippen LogP contribution in [0.1, 0.15) is 26.7 Å². The molecule has 4 aromatic carbocycles. The molecule has 2 amide bonds. The number of rotatable bonds is 8. The van der Waals surface area contributed by atoms with Gasteiger partial charge in [-0.1, -0.05) is 61.5 Å². The molecule has 4 aromatic rings. The Bertz CT molecular complexity index is 1320. The Labute approximate surface area is 210 Å². The second-order valence-corrected chi connectivity index (χ2v) is 9.31. The van der Waals surface area contributed by atoms with Gasteiger partial charge in [-0.3, -0.25) is 9.69 Å². The van der Waals surface area contributed by atoms with Crippen molar-refractivity contribution in [3.63, 3.8) is 0 Å². The van der Waals surface area contributed by atoms with Crippen LogP contribution in [-0.4, -0.2) is 18.5 Å². The molecule has 0 saturated heterocycles. The van der Waals surface area contributed by atoms with Crippen LogP contribution in [0.4, 0.5) is 16.2 Å². The maximum atomic E-state index is 13.3. The van der Waals surface area contributed by atoms with Gasteiger partial charge in [-0.15, -0.1) is 0 Å². The van der Waals surface area contributed by atoms with E-state index in [0.717, 1.165) is 44.8 Å². The van der Waals surface area contributed by atoms with Crippen LogP contribution in [0.5, 0.6) is 5.75 Å². The Morgan fingerprint density at radius 2 is 1.63 bits per heavy atom. The van der Waals surface area contributed by atoms with Crippen molar-refractivity contribution in [3.8, 4) is 5.75 Å². The van der Waals surface area contributed by atoms with Gasteiger partial charge in [-0.25, -0.2) is 4.79 Å². The number of anilines is 2. The SMILES string of the molecule is CCCCN(C(=O)Nc1ccc2ccccc2c1)c1cccc(Sc2ccc(OC(C)=O)cc2)c1. The number of fused-ring (bicyclic) bond motifs is 1. The van der Waals surface area contributed by atoms with Crippen LogP contribution >= 0.6 is 11.8 Å². The number of hydrogen-bond acceptors (Lipinski definition) is 4. The smallest absolute Gasteiger partial charge is 0.326 e. The molecule has 0 unspecified atom stereocenters. The molecular formula is C29H28N2O3S. The normalized spacial score (nSPS) is 10.7. The number of hydrogen-bond donors (Lipinski definition) is 1. The van der Waals surface area contributed by atoms with Gasteiger partial charge >= 0.3 is 12.0 Å². The van der Waals surface area contributed by atoms with Gasteiger partial charge in [0.05, 0.1) is 0 Å². The molecule has 0 radical (unpaired) electrons. The molecule has 6 heteroatoms. The fraction of sp³-hybridized carbons (Fsp3) is 0.172. The summed E-state index contributed by atoms with van der Waals surface area (Å²) in [6.07, 6.45) is 1.89. The first-order chi connectivity index (χ1) is 17.0. The summed E-state index contributed by atoms with van der Waals surface area (Å²) in [5, 5.41) is 5.30. The Kier molecular flexibility index (Phi) is 8.06. The van der Waals surface area contributed by atoms with Crippen LogP contribution in [0, 0.1) is 0 Å². The quantitative estimate of drug-likeness (QED) is 0.205. The lowest BCUT2D eigenvalue weighted by molar-refractivity contribution is -0.131. The van der Waals surface area contributed by atoms with Crippen molar-refractivity contribution in [1.82, 2.24) is 0 Å². The minimum absolute atomic E-state index is 0.151. The van der Waals surface area contributed by atoms with E-state index in [1.165, 1.54) is 6.92 Å². The average molecular weight is 485 g/mol. The Morgan fingerprint density at radius 1 is 0.857 bits per heavy atom. The number of ether oxygens (including phenoxy) is 1. The van der Waals surface area contributed by atoms with E-state index in [2.05, 4.69) is 18.3 Å². The third kappa shape index (κ3) is 6.64. The van der Waals surface area contributed by atoms with Crippen LogP contribution in [0.2, 0.25) is 0 Å². The van der Waals surface area contributed by atoms with E-state index in [-0.39, 0.29) is 12.0 Å². The Balaban J connectivity index is 1.51. The van der Waals surface area contributed by atoms with E-state index in [1.54, 1.807) is 28.8 Å². The first-order valence-corrected chi connectivity index (χ1v) is 12.5. The van der Waals surface area contributed by atoms with Crippen molar-refractivity contribution in [2.75, 3.05) is 16.8 Å². The highest BCUT2D eigenvalue weighted by Crippen LogP contribution is 2.32. The van der Waals surface area contributed by atoms with Gasteiger partial charge in [0.2, 0.25) is 0 Å². The molecule has 0 bridgehead atoms. The summed E-state index contributed by atoms with van der Waals surface area (Å²) < 4.78 is 5.11. The summed E-state index contributed by atoms with van der Waals surface area (Å²) in [6, 6.07) is 29.3. The number of benzene rings is 4. The molecule has 0 spiro atoms. The molecule has 5 nitrogen and oxygen atoms in total. The predicted octanol–water partition coefficient (Wildman–Crippen LogP) is 7.75. The monoisotopic (exact) mass is 484 g/mol. The van der Waals surface area contributed by atoms with Gasteiger partial charge in [0, 0.05) is 34.6 Å². The van der Waals surface area contributed by atoms with Gasteiger partial charge in [-0.2, -0.15) is 0 Å². The summed E-state index contributed by atoms with van der Waals surface area (Å²) >= 11 is 1.59. The summed E-state index contributed by atoms with van der Waals surface area (Å²) in [4.78, 5) is 28.3. The van der Waals surface area contributed by atoms with Crippen LogP contribution in [0.3, 0.4) is 0 Å². The number of nitrogens with one attached hydrogen (secondary N) is 1. The third-order valence-electron chi connectivity index (χ3n) is 5.43. The number of amides is 2. The Hall–Kier alpha value is -3.77. The topological polar surface area (TPSA) is 58.6 Å². The zero-order valence-corrected chi connectivity index (χ0v) is 20.7. The van der Waals surface area contributed by atoms with Gasteiger partial charge in [0.15, 0.2) is 0 Å². The van der Waals surface area contributed by atoms with Crippen LogP contribution in [0.25, 0.3) is 10.8 Å². The van der Waals surface area contributed by atoms with Crippen molar-refractivity contribution in [2.45, 2.75) is 36.5 Å². The molecule has 0 fully saturated rings. The van der Waals surface area contributed by atoms with Gasteiger partial charge in [0.1, 0.15) is 5.75 Å². The van der Waals surface area contributed by atoms with Crippen LogP contribution in [-0.2, 0) is 4.79 Å².